The third-order valence-electron chi connectivity index (χ3n) is 2.50. The van der Waals surface area contributed by atoms with Crippen LogP contribution < -0.4 is 5.32 Å². The van der Waals surface area contributed by atoms with Crippen molar-refractivity contribution in [3.8, 4) is 0 Å². The molecule has 0 atom stereocenters. The van der Waals surface area contributed by atoms with E-state index in [-0.39, 0.29) is 17.4 Å². The van der Waals surface area contributed by atoms with E-state index in [1.165, 1.54) is 12.1 Å². The predicted octanol–water partition coefficient (Wildman–Crippen LogP) is 2.71. The van der Waals surface area contributed by atoms with Gasteiger partial charge in [-0.1, -0.05) is 6.07 Å². The lowest BCUT2D eigenvalue weighted by Crippen LogP contribution is -2.14. The Labute approximate surface area is 113 Å². The molecule has 2 aromatic heterocycles. The zero-order valence-corrected chi connectivity index (χ0v) is 11.2. The fourth-order valence-corrected chi connectivity index (χ4v) is 2.58. The number of thiophene rings is 1. The van der Waals surface area contributed by atoms with Crippen LogP contribution >= 0.6 is 11.3 Å². The van der Waals surface area contributed by atoms with Crippen LogP contribution in [0.4, 0.5) is 5.82 Å². The van der Waals surface area contributed by atoms with Crippen molar-refractivity contribution in [3.05, 3.63) is 45.3 Å². The number of aromatic carboxylic acids is 1. The number of hydrogen-bond acceptors (Lipinski definition) is 4. The lowest BCUT2D eigenvalue weighted by Gasteiger charge is -2.04. The number of hydrogen-bond donors (Lipinski definition) is 2. The summed E-state index contributed by atoms with van der Waals surface area (Å²) < 4.78 is 0. The zero-order chi connectivity index (χ0) is 14.0. The van der Waals surface area contributed by atoms with E-state index < -0.39 is 5.97 Å². The number of carboxylic acid groups (broad SMARTS) is 1. The van der Waals surface area contributed by atoms with Crippen LogP contribution in [0.1, 0.15) is 30.6 Å². The van der Waals surface area contributed by atoms with E-state index in [0.717, 1.165) is 9.75 Å². The highest BCUT2D eigenvalue weighted by atomic mass is 32.1. The Morgan fingerprint density at radius 2 is 2.05 bits per heavy atom. The van der Waals surface area contributed by atoms with Gasteiger partial charge in [0.1, 0.15) is 5.82 Å². The second-order valence-corrected chi connectivity index (χ2v) is 5.45. The number of carbonyl (C=O) groups is 2. The highest BCUT2D eigenvalue weighted by molar-refractivity contribution is 7.12. The van der Waals surface area contributed by atoms with Crippen molar-refractivity contribution in [1.82, 2.24) is 4.98 Å². The quantitative estimate of drug-likeness (QED) is 0.903. The second-order valence-electron chi connectivity index (χ2n) is 3.99. The Morgan fingerprint density at radius 3 is 2.63 bits per heavy atom. The van der Waals surface area contributed by atoms with E-state index >= 15 is 0 Å². The molecule has 0 aliphatic heterocycles. The molecule has 2 heterocycles. The summed E-state index contributed by atoms with van der Waals surface area (Å²) in [5, 5.41) is 11.4. The van der Waals surface area contributed by atoms with Gasteiger partial charge in [-0.05, 0) is 32.0 Å². The van der Waals surface area contributed by atoms with Gasteiger partial charge < -0.3 is 10.4 Å². The molecule has 0 aliphatic rings. The molecular weight excluding hydrogens is 264 g/mol. The Morgan fingerprint density at radius 1 is 1.32 bits per heavy atom. The molecular formula is C13H12N2O3S. The summed E-state index contributed by atoms with van der Waals surface area (Å²) in [4.78, 5) is 28.6. The smallest absolute Gasteiger partial charge is 0.354 e. The van der Waals surface area contributed by atoms with Crippen molar-refractivity contribution < 1.29 is 14.7 Å². The highest BCUT2D eigenvalue weighted by Crippen LogP contribution is 2.21. The predicted molar refractivity (Wildman–Crippen MR) is 72.9 cm³/mol. The van der Waals surface area contributed by atoms with Crippen LogP contribution in [0.25, 0.3) is 0 Å². The molecule has 0 fully saturated rings. The largest absolute Gasteiger partial charge is 0.477 e. The molecule has 2 N–H and O–H groups in total. The van der Waals surface area contributed by atoms with Gasteiger partial charge in [-0.2, -0.15) is 0 Å². The van der Waals surface area contributed by atoms with Crippen LogP contribution in [-0.2, 0) is 0 Å². The first-order valence-corrected chi connectivity index (χ1v) is 6.38. The van der Waals surface area contributed by atoms with Crippen molar-refractivity contribution >= 4 is 29.0 Å². The minimum Gasteiger partial charge on any atom is -0.477 e. The van der Waals surface area contributed by atoms with E-state index in [0.29, 0.717) is 5.56 Å². The van der Waals surface area contributed by atoms with Gasteiger partial charge >= 0.3 is 5.97 Å². The topological polar surface area (TPSA) is 79.3 Å². The summed E-state index contributed by atoms with van der Waals surface area (Å²) in [6.45, 7) is 3.80. The monoisotopic (exact) mass is 276 g/mol. The maximum absolute atomic E-state index is 12.0. The molecule has 5 nitrogen and oxygen atoms in total. The zero-order valence-electron chi connectivity index (χ0n) is 10.4. The number of carboxylic acids is 1. The maximum atomic E-state index is 12.0. The van der Waals surface area contributed by atoms with Gasteiger partial charge in [0.05, 0.1) is 5.56 Å². The number of nitrogens with zero attached hydrogens (tertiary/aromatic N) is 1. The van der Waals surface area contributed by atoms with E-state index in [9.17, 15) is 9.59 Å². The van der Waals surface area contributed by atoms with Gasteiger partial charge in [-0.25, -0.2) is 9.78 Å². The molecule has 2 aromatic rings. The fraction of sp³-hybridized carbons (Fsp3) is 0.154. The van der Waals surface area contributed by atoms with Crippen molar-refractivity contribution in [3.63, 3.8) is 0 Å². The summed E-state index contributed by atoms with van der Waals surface area (Å²) in [5.41, 5.74) is 0.487. The van der Waals surface area contributed by atoms with Crippen molar-refractivity contribution in [2.24, 2.45) is 0 Å². The molecule has 0 spiro atoms. The average molecular weight is 276 g/mol. The minimum absolute atomic E-state index is 0.101. The van der Waals surface area contributed by atoms with E-state index in [2.05, 4.69) is 10.3 Å². The SMILES string of the molecule is Cc1cc(C(=O)Nc2cccc(C(=O)O)n2)c(C)s1. The minimum atomic E-state index is -1.13. The highest BCUT2D eigenvalue weighted by Gasteiger charge is 2.13. The summed E-state index contributed by atoms with van der Waals surface area (Å²) >= 11 is 1.54. The number of amides is 1. The number of nitrogens with one attached hydrogen (secondary N) is 1. The molecule has 98 valence electrons. The standard InChI is InChI=1S/C13H12N2O3S/c1-7-6-9(8(2)19-7)12(16)15-11-5-3-4-10(14-11)13(17)18/h3-6H,1-2H3,(H,17,18)(H,14,15,16). The van der Waals surface area contributed by atoms with Gasteiger partial charge in [0.2, 0.25) is 0 Å². The van der Waals surface area contributed by atoms with Gasteiger partial charge in [-0.15, -0.1) is 11.3 Å². The molecule has 0 radical (unpaired) electrons. The van der Waals surface area contributed by atoms with Crippen LogP contribution in [0.15, 0.2) is 24.3 Å². The molecule has 0 bridgehead atoms. The maximum Gasteiger partial charge on any atom is 0.354 e. The average Bonchev–Trinajstić information content (AvgIpc) is 2.69. The Bertz CT molecular complexity index is 649. The number of pyridine rings is 1. The molecule has 2 rings (SSSR count). The number of rotatable bonds is 3. The fourth-order valence-electron chi connectivity index (χ4n) is 1.66. The normalized spacial score (nSPS) is 10.2. The summed E-state index contributed by atoms with van der Waals surface area (Å²) in [5.74, 6) is -1.18. The summed E-state index contributed by atoms with van der Waals surface area (Å²) in [7, 11) is 0. The molecule has 1 amide bonds. The van der Waals surface area contributed by atoms with Crippen LogP contribution in [0.2, 0.25) is 0 Å². The molecule has 0 unspecified atom stereocenters. The summed E-state index contributed by atoms with van der Waals surface area (Å²) in [6.07, 6.45) is 0. The first kappa shape index (κ1) is 13.2. The number of carbonyl (C=O) groups excluding carboxylic acids is 1. The van der Waals surface area contributed by atoms with Crippen molar-refractivity contribution in [1.29, 1.82) is 0 Å². The molecule has 19 heavy (non-hydrogen) atoms. The number of aromatic nitrogens is 1. The van der Waals surface area contributed by atoms with Crippen molar-refractivity contribution in [2.45, 2.75) is 13.8 Å². The molecule has 0 aliphatic carbocycles. The molecule has 0 saturated heterocycles. The van der Waals surface area contributed by atoms with Gasteiger partial charge in [0.25, 0.3) is 5.91 Å². The number of anilines is 1. The molecule has 6 heteroatoms. The van der Waals surface area contributed by atoms with E-state index in [1.54, 1.807) is 23.5 Å². The third kappa shape index (κ3) is 2.97. The van der Waals surface area contributed by atoms with Crippen LogP contribution in [-0.4, -0.2) is 22.0 Å². The Balaban J connectivity index is 2.21. The van der Waals surface area contributed by atoms with Gasteiger partial charge in [0, 0.05) is 9.75 Å². The van der Waals surface area contributed by atoms with Gasteiger partial charge in [0.15, 0.2) is 5.69 Å². The molecule has 0 aromatic carbocycles. The third-order valence-corrected chi connectivity index (χ3v) is 3.46. The second kappa shape index (κ2) is 5.19. The van der Waals surface area contributed by atoms with Crippen LogP contribution in [0, 0.1) is 13.8 Å². The number of aryl methyl sites for hydroxylation is 2. The molecule has 0 saturated carbocycles. The lowest BCUT2D eigenvalue weighted by atomic mass is 10.2. The Hall–Kier alpha value is -2.21. The van der Waals surface area contributed by atoms with E-state index in [4.69, 9.17) is 5.11 Å². The first-order valence-electron chi connectivity index (χ1n) is 5.56. The van der Waals surface area contributed by atoms with Crippen LogP contribution in [0.5, 0.6) is 0 Å². The van der Waals surface area contributed by atoms with Gasteiger partial charge in [-0.3, -0.25) is 4.79 Å². The lowest BCUT2D eigenvalue weighted by molar-refractivity contribution is 0.0690. The Kier molecular flexibility index (Phi) is 3.62. The van der Waals surface area contributed by atoms with E-state index in [1.807, 2.05) is 13.8 Å². The van der Waals surface area contributed by atoms with Crippen LogP contribution in [0.3, 0.4) is 0 Å². The first-order chi connectivity index (χ1) is 8.97. The van der Waals surface area contributed by atoms with Crippen molar-refractivity contribution in [2.75, 3.05) is 5.32 Å². The summed E-state index contributed by atoms with van der Waals surface area (Å²) in [6, 6.07) is 6.27.